The van der Waals surface area contributed by atoms with E-state index in [0.29, 0.717) is 12.3 Å². The number of piperidine rings is 1. The fourth-order valence-corrected chi connectivity index (χ4v) is 4.78. The first-order valence-corrected chi connectivity index (χ1v) is 11.1. The van der Waals surface area contributed by atoms with Gasteiger partial charge in [0, 0.05) is 12.7 Å². The maximum atomic E-state index is 13.5. The molecule has 0 saturated carbocycles. The predicted octanol–water partition coefficient (Wildman–Crippen LogP) is 4.66. The van der Waals surface area contributed by atoms with Gasteiger partial charge >= 0.3 is 0 Å². The Hall–Kier alpha value is -3.74. The molecule has 2 aromatic carbocycles. The molecule has 2 aliphatic rings. The summed E-state index contributed by atoms with van der Waals surface area (Å²) in [5, 5.41) is 0. The molecule has 1 saturated heterocycles. The van der Waals surface area contributed by atoms with Crippen molar-refractivity contribution in [3.63, 3.8) is 0 Å². The van der Waals surface area contributed by atoms with Crippen molar-refractivity contribution < 1.29 is 13.9 Å². The lowest BCUT2D eigenvalue weighted by molar-refractivity contribution is -0.127. The quantitative estimate of drug-likeness (QED) is 0.574. The molecule has 0 spiro atoms. The maximum absolute atomic E-state index is 13.5. The molecule has 168 valence electrons. The van der Waals surface area contributed by atoms with Crippen molar-refractivity contribution in [1.29, 1.82) is 0 Å². The van der Waals surface area contributed by atoms with Gasteiger partial charge in [-0.25, -0.2) is 9.37 Å². The topological polar surface area (TPSA) is 59.7 Å². The third-order valence-corrected chi connectivity index (χ3v) is 6.42. The lowest BCUT2D eigenvalue weighted by atomic mass is 9.80. The Labute approximate surface area is 192 Å². The van der Waals surface area contributed by atoms with Crippen LogP contribution in [0.4, 0.5) is 4.39 Å². The Morgan fingerprint density at radius 2 is 1.94 bits per heavy atom. The number of nitrogens with zero attached hydrogens (tertiary/aromatic N) is 4. The molecule has 7 heteroatoms. The van der Waals surface area contributed by atoms with Gasteiger partial charge in [-0.1, -0.05) is 24.3 Å². The molecule has 1 fully saturated rings. The average molecular weight is 445 g/mol. The van der Waals surface area contributed by atoms with Crippen LogP contribution in [0.1, 0.15) is 36.1 Å². The van der Waals surface area contributed by atoms with Gasteiger partial charge in [-0.05, 0) is 67.7 Å². The molecular formula is C26H25FN4O2. The zero-order chi connectivity index (χ0) is 23.0. The van der Waals surface area contributed by atoms with E-state index in [-0.39, 0.29) is 11.7 Å². The van der Waals surface area contributed by atoms with Crippen molar-refractivity contribution in [2.45, 2.75) is 31.7 Å². The second kappa shape index (κ2) is 8.31. The van der Waals surface area contributed by atoms with Crippen molar-refractivity contribution >= 4 is 17.8 Å². The highest BCUT2D eigenvalue weighted by molar-refractivity contribution is 6.12. The highest BCUT2D eigenvalue weighted by Gasteiger charge is 2.51. The minimum atomic E-state index is -0.841. The largest absolute Gasteiger partial charge is 0.495 e. The molecule has 1 unspecified atom stereocenters. The molecule has 0 bridgehead atoms. The van der Waals surface area contributed by atoms with Crippen LogP contribution in [0.5, 0.6) is 5.75 Å². The molecule has 0 aliphatic carbocycles. The maximum Gasteiger partial charge on any atom is 0.278 e. The molecule has 0 radical (unpaired) electrons. The van der Waals surface area contributed by atoms with Crippen molar-refractivity contribution in [3.05, 3.63) is 83.7 Å². The Kier molecular flexibility index (Phi) is 5.32. The Bertz CT molecular complexity index is 1260. The summed E-state index contributed by atoms with van der Waals surface area (Å²) in [6, 6.07) is 12.1. The third kappa shape index (κ3) is 3.63. The molecule has 1 aromatic heterocycles. The van der Waals surface area contributed by atoms with Gasteiger partial charge in [0.2, 0.25) is 0 Å². The number of aliphatic imine (C=N–C) groups is 1. The number of aryl methyl sites for hydroxylation is 1. The van der Waals surface area contributed by atoms with Gasteiger partial charge in [0.25, 0.3) is 5.91 Å². The monoisotopic (exact) mass is 444 g/mol. The smallest absolute Gasteiger partial charge is 0.278 e. The van der Waals surface area contributed by atoms with Crippen LogP contribution in [-0.4, -0.2) is 39.8 Å². The van der Waals surface area contributed by atoms with Crippen LogP contribution in [0.15, 0.2) is 66.1 Å². The van der Waals surface area contributed by atoms with E-state index in [1.54, 1.807) is 25.6 Å². The van der Waals surface area contributed by atoms with Gasteiger partial charge in [0.1, 0.15) is 22.9 Å². The van der Waals surface area contributed by atoms with Gasteiger partial charge in [-0.15, -0.1) is 0 Å². The van der Waals surface area contributed by atoms with Crippen molar-refractivity contribution in [2.75, 3.05) is 13.7 Å². The number of ether oxygens (including phenoxy) is 1. The van der Waals surface area contributed by atoms with Crippen LogP contribution in [0.3, 0.4) is 0 Å². The highest BCUT2D eigenvalue weighted by Crippen LogP contribution is 2.43. The summed E-state index contributed by atoms with van der Waals surface area (Å²) in [5.74, 6) is 0.860. The first-order chi connectivity index (χ1) is 16.0. The molecule has 0 N–H and O–H groups in total. The van der Waals surface area contributed by atoms with E-state index < -0.39 is 5.54 Å². The molecule has 1 amide bonds. The first kappa shape index (κ1) is 21.1. The van der Waals surface area contributed by atoms with E-state index in [1.807, 2.05) is 48.0 Å². The van der Waals surface area contributed by atoms with Gasteiger partial charge < -0.3 is 14.2 Å². The zero-order valence-corrected chi connectivity index (χ0v) is 18.7. The first-order valence-electron chi connectivity index (χ1n) is 11.1. The number of rotatable bonds is 5. The minimum Gasteiger partial charge on any atom is -0.495 e. The summed E-state index contributed by atoms with van der Waals surface area (Å²) in [6.45, 7) is 2.67. The Morgan fingerprint density at radius 1 is 1.12 bits per heavy atom. The van der Waals surface area contributed by atoms with Gasteiger partial charge in [-0.3, -0.25) is 4.79 Å². The fourth-order valence-electron chi connectivity index (χ4n) is 4.78. The number of fused-ring (bicyclic) bond motifs is 1. The van der Waals surface area contributed by atoms with Crippen molar-refractivity contribution in [1.82, 2.24) is 14.5 Å². The Morgan fingerprint density at radius 3 is 2.67 bits per heavy atom. The van der Waals surface area contributed by atoms with Gasteiger partial charge in [0.15, 0.2) is 0 Å². The normalized spacial score (nSPS) is 20.3. The number of methoxy groups -OCH3 is 1. The number of hydrogen-bond acceptors (Lipinski definition) is 4. The average Bonchev–Trinajstić information content (AvgIpc) is 3.39. The number of amides is 1. The Balaban J connectivity index is 1.44. The number of imidazole rings is 1. The van der Waals surface area contributed by atoms with E-state index in [9.17, 15) is 9.18 Å². The number of amidine groups is 1. The minimum absolute atomic E-state index is 0.183. The van der Waals surface area contributed by atoms with Crippen LogP contribution in [0.2, 0.25) is 0 Å². The van der Waals surface area contributed by atoms with Gasteiger partial charge in [0.05, 0.1) is 24.8 Å². The second-order valence-corrected chi connectivity index (χ2v) is 8.44. The van der Waals surface area contributed by atoms with Crippen LogP contribution in [-0.2, 0) is 10.3 Å². The molecule has 3 aromatic rings. The fraction of sp³-hybridized carbons (Fsp3) is 0.269. The third-order valence-electron chi connectivity index (χ3n) is 6.42. The molecule has 6 nitrogen and oxygen atoms in total. The molecule has 3 heterocycles. The van der Waals surface area contributed by atoms with Crippen LogP contribution in [0, 0.1) is 12.7 Å². The number of carbonyl (C=O) groups is 1. The number of halogens is 1. The molecule has 33 heavy (non-hydrogen) atoms. The number of benzene rings is 2. The molecule has 1 atom stereocenters. The highest BCUT2D eigenvalue weighted by atomic mass is 19.1. The van der Waals surface area contributed by atoms with E-state index >= 15 is 0 Å². The van der Waals surface area contributed by atoms with Crippen LogP contribution in [0.25, 0.3) is 11.8 Å². The summed E-state index contributed by atoms with van der Waals surface area (Å²) in [4.78, 5) is 23.9. The summed E-state index contributed by atoms with van der Waals surface area (Å²) in [6.07, 6.45) is 10.1. The van der Waals surface area contributed by atoms with Crippen LogP contribution < -0.4 is 4.74 Å². The zero-order valence-electron chi connectivity index (χ0n) is 18.7. The molecular weight excluding hydrogens is 419 g/mol. The number of aromatic nitrogens is 2. The summed E-state index contributed by atoms with van der Waals surface area (Å²) < 4.78 is 21.0. The summed E-state index contributed by atoms with van der Waals surface area (Å²) in [5.41, 5.74) is 2.71. The summed E-state index contributed by atoms with van der Waals surface area (Å²) >= 11 is 0. The standard InChI is InChI=1S/C26H25FN4O2/c1-18-16-30(17-28-18)22-11-5-19(15-23(22)33-2)6-12-24-29-25(32)26(13-3-4-14-31(24)26)20-7-9-21(27)10-8-20/h5-12,15-17H,3-4,13-14H2,1-2H3. The number of carbonyl (C=O) groups excluding carboxylic acids is 1. The van der Waals surface area contributed by atoms with Gasteiger partial charge in [-0.2, -0.15) is 4.99 Å². The lowest BCUT2D eigenvalue weighted by Gasteiger charge is -2.42. The van der Waals surface area contributed by atoms with E-state index in [1.165, 1.54) is 12.1 Å². The molecule has 5 rings (SSSR count). The predicted molar refractivity (Wildman–Crippen MR) is 125 cm³/mol. The van der Waals surface area contributed by atoms with Crippen LogP contribution >= 0.6 is 0 Å². The van der Waals surface area contributed by atoms with E-state index in [0.717, 1.165) is 47.6 Å². The van der Waals surface area contributed by atoms with Crippen molar-refractivity contribution in [2.24, 2.45) is 4.99 Å². The van der Waals surface area contributed by atoms with E-state index in [4.69, 9.17) is 4.74 Å². The lowest BCUT2D eigenvalue weighted by Crippen LogP contribution is -2.51. The van der Waals surface area contributed by atoms with E-state index in [2.05, 4.69) is 14.9 Å². The number of hydrogen-bond donors (Lipinski definition) is 0. The second-order valence-electron chi connectivity index (χ2n) is 8.44. The van der Waals surface area contributed by atoms with Crippen molar-refractivity contribution in [3.8, 4) is 11.4 Å². The summed E-state index contributed by atoms with van der Waals surface area (Å²) in [7, 11) is 1.64. The molecule has 2 aliphatic heterocycles. The SMILES string of the molecule is COc1cc(C=CC2=NC(=O)C3(c4ccc(F)cc4)CCCCN23)ccc1-n1cnc(C)c1.